The average molecular weight is 273 g/mol. The van der Waals surface area contributed by atoms with Crippen LogP contribution >= 0.6 is 0 Å². The molecular formula is C17H23NO2. The van der Waals surface area contributed by atoms with Gasteiger partial charge in [-0.2, -0.15) is 0 Å². The normalized spacial score (nSPS) is 12.2. The first kappa shape index (κ1) is 16.0. The van der Waals surface area contributed by atoms with Crippen LogP contribution in [-0.2, 0) is 4.74 Å². The number of ether oxygens (including phenoxy) is 1. The first-order valence-corrected chi connectivity index (χ1v) is 6.82. The van der Waals surface area contributed by atoms with Gasteiger partial charge in [0.2, 0.25) is 0 Å². The Morgan fingerprint density at radius 3 is 2.40 bits per heavy atom. The molecule has 0 spiro atoms. The van der Waals surface area contributed by atoms with E-state index in [9.17, 15) is 4.79 Å². The van der Waals surface area contributed by atoms with Gasteiger partial charge in [-0.3, -0.25) is 0 Å². The van der Waals surface area contributed by atoms with Gasteiger partial charge in [0, 0.05) is 5.69 Å². The molecule has 20 heavy (non-hydrogen) atoms. The van der Waals surface area contributed by atoms with Crippen LogP contribution < -0.4 is 5.73 Å². The molecule has 1 aromatic rings. The Labute approximate surface area is 121 Å². The van der Waals surface area contributed by atoms with Crippen molar-refractivity contribution in [1.82, 2.24) is 0 Å². The summed E-state index contributed by atoms with van der Waals surface area (Å²) in [6, 6.07) is 6.72. The fourth-order valence-corrected chi connectivity index (χ4v) is 1.68. The van der Waals surface area contributed by atoms with Crippen LogP contribution in [0.3, 0.4) is 0 Å². The first-order valence-electron chi connectivity index (χ1n) is 6.82. The molecule has 0 aliphatic rings. The molecule has 0 atom stereocenters. The molecule has 108 valence electrons. The van der Waals surface area contributed by atoms with Crippen molar-refractivity contribution in [3.8, 4) is 0 Å². The Hall–Kier alpha value is -2.03. The summed E-state index contributed by atoms with van der Waals surface area (Å²) in [6.07, 6.45) is 10.0. The molecule has 1 rings (SSSR count). The Morgan fingerprint density at radius 1 is 1.20 bits per heavy atom. The van der Waals surface area contributed by atoms with Crippen molar-refractivity contribution in [1.29, 1.82) is 0 Å². The Morgan fingerprint density at radius 2 is 1.80 bits per heavy atom. The predicted molar refractivity (Wildman–Crippen MR) is 83.5 cm³/mol. The maximum absolute atomic E-state index is 12.0. The number of carbonyl (C=O) groups is 1. The number of allylic oxidation sites excluding steroid dienone is 3. The van der Waals surface area contributed by atoms with Gasteiger partial charge in [0.15, 0.2) is 0 Å². The van der Waals surface area contributed by atoms with Gasteiger partial charge in [0.25, 0.3) is 0 Å². The number of unbranched alkanes of at least 4 members (excludes halogenated alkanes) is 1. The molecule has 0 aliphatic carbocycles. The molecular weight excluding hydrogens is 250 g/mol. The van der Waals surface area contributed by atoms with E-state index in [2.05, 4.69) is 6.08 Å². The lowest BCUT2D eigenvalue weighted by molar-refractivity contribution is 0.0173. The lowest BCUT2D eigenvalue weighted by Crippen LogP contribution is -2.25. The lowest BCUT2D eigenvalue weighted by Gasteiger charge is -2.21. The third-order valence-corrected chi connectivity index (χ3v) is 2.76. The summed E-state index contributed by atoms with van der Waals surface area (Å²) in [6.45, 7) is 5.74. The van der Waals surface area contributed by atoms with E-state index in [4.69, 9.17) is 10.5 Å². The highest BCUT2D eigenvalue weighted by Crippen LogP contribution is 2.16. The number of nitrogen functional groups attached to an aromatic ring is 1. The topological polar surface area (TPSA) is 52.3 Å². The van der Waals surface area contributed by atoms with Crippen LogP contribution in [0, 0.1) is 0 Å². The van der Waals surface area contributed by atoms with Gasteiger partial charge in [-0.25, -0.2) is 4.79 Å². The van der Waals surface area contributed by atoms with Gasteiger partial charge in [-0.05, 0) is 64.0 Å². The number of rotatable bonds is 6. The molecule has 0 bridgehead atoms. The molecule has 0 amide bonds. The van der Waals surface area contributed by atoms with Crippen LogP contribution in [0.25, 0.3) is 0 Å². The third kappa shape index (κ3) is 5.74. The van der Waals surface area contributed by atoms with E-state index >= 15 is 0 Å². The molecule has 0 unspecified atom stereocenters. The minimum absolute atomic E-state index is 0.340. The zero-order valence-corrected chi connectivity index (χ0v) is 12.4. The quantitative estimate of drug-likeness (QED) is 0.367. The van der Waals surface area contributed by atoms with Gasteiger partial charge in [0.1, 0.15) is 5.60 Å². The molecule has 3 nitrogen and oxygen atoms in total. The zero-order chi connectivity index (χ0) is 15.0. The van der Waals surface area contributed by atoms with Crippen molar-refractivity contribution >= 4 is 11.7 Å². The van der Waals surface area contributed by atoms with Crippen LogP contribution in [0.1, 0.15) is 44.0 Å². The van der Waals surface area contributed by atoms with Gasteiger partial charge in [-0.15, -0.1) is 0 Å². The van der Waals surface area contributed by atoms with Crippen molar-refractivity contribution in [2.75, 3.05) is 5.73 Å². The number of benzene rings is 1. The molecule has 0 aromatic heterocycles. The second-order valence-electron chi connectivity index (χ2n) is 5.16. The van der Waals surface area contributed by atoms with E-state index in [1.165, 1.54) is 0 Å². The van der Waals surface area contributed by atoms with Gasteiger partial charge < -0.3 is 10.5 Å². The predicted octanol–water partition coefficient (Wildman–Crippen LogP) is 4.12. The Bertz CT molecular complexity index is 484. The number of anilines is 1. The molecule has 0 saturated carbocycles. The van der Waals surface area contributed by atoms with Gasteiger partial charge in [0.05, 0.1) is 5.56 Å². The van der Waals surface area contributed by atoms with Crippen molar-refractivity contribution in [3.05, 3.63) is 54.1 Å². The number of carbonyl (C=O) groups excluding carboxylic acids is 1. The minimum Gasteiger partial charge on any atom is -0.452 e. The number of hydrogen-bond acceptors (Lipinski definition) is 3. The van der Waals surface area contributed by atoms with E-state index in [0.29, 0.717) is 11.3 Å². The molecule has 0 radical (unpaired) electrons. The monoisotopic (exact) mass is 273 g/mol. The summed E-state index contributed by atoms with van der Waals surface area (Å²) < 4.78 is 5.49. The summed E-state index contributed by atoms with van der Waals surface area (Å²) in [4.78, 5) is 12.0. The van der Waals surface area contributed by atoms with E-state index in [-0.39, 0.29) is 5.97 Å². The van der Waals surface area contributed by atoms with E-state index in [1.807, 2.05) is 39.0 Å². The highest BCUT2D eigenvalue weighted by molar-refractivity contribution is 5.90. The molecule has 0 heterocycles. The van der Waals surface area contributed by atoms with Crippen LogP contribution in [0.2, 0.25) is 0 Å². The van der Waals surface area contributed by atoms with Gasteiger partial charge in [-0.1, -0.05) is 18.2 Å². The summed E-state index contributed by atoms with van der Waals surface area (Å²) in [5.74, 6) is -0.340. The second kappa shape index (κ2) is 7.53. The number of hydrogen-bond donors (Lipinski definition) is 1. The van der Waals surface area contributed by atoms with Crippen molar-refractivity contribution in [2.24, 2.45) is 0 Å². The Balaban J connectivity index is 2.56. The second-order valence-corrected chi connectivity index (χ2v) is 5.16. The number of esters is 1. The van der Waals surface area contributed by atoms with Crippen molar-refractivity contribution < 1.29 is 9.53 Å². The van der Waals surface area contributed by atoms with Crippen LogP contribution in [0.5, 0.6) is 0 Å². The smallest absolute Gasteiger partial charge is 0.338 e. The molecule has 0 saturated heterocycles. The minimum atomic E-state index is -0.617. The average Bonchev–Trinajstić information content (AvgIpc) is 2.38. The van der Waals surface area contributed by atoms with Crippen LogP contribution in [0.4, 0.5) is 5.69 Å². The zero-order valence-electron chi connectivity index (χ0n) is 12.4. The van der Waals surface area contributed by atoms with Gasteiger partial charge >= 0.3 is 5.97 Å². The maximum Gasteiger partial charge on any atom is 0.338 e. The molecule has 1 aromatic carbocycles. The highest BCUT2D eigenvalue weighted by atomic mass is 16.6. The summed E-state index contributed by atoms with van der Waals surface area (Å²) in [7, 11) is 0. The van der Waals surface area contributed by atoms with Crippen molar-refractivity contribution in [2.45, 2.75) is 39.2 Å². The van der Waals surface area contributed by atoms with Crippen LogP contribution in [0.15, 0.2) is 48.6 Å². The fourth-order valence-electron chi connectivity index (χ4n) is 1.68. The summed E-state index contributed by atoms with van der Waals surface area (Å²) >= 11 is 0. The largest absolute Gasteiger partial charge is 0.452 e. The van der Waals surface area contributed by atoms with E-state index in [1.54, 1.807) is 24.3 Å². The van der Waals surface area contributed by atoms with E-state index in [0.717, 1.165) is 12.8 Å². The lowest BCUT2D eigenvalue weighted by atomic mass is 10.1. The highest BCUT2D eigenvalue weighted by Gasteiger charge is 2.20. The standard InChI is InChI=1S/C17H23NO2/c1-4-5-6-7-8-13-17(2,3)20-16(19)14-9-11-15(18)12-10-14/h4-5,8-13H,6-7,18H2,1-3H3. The van der Waals surface area contributed by atoms with Crippen LogP contribution in [-0.4, -0.2) is 11.6 Å². The number of nitrogens with two attached hydrogens (primary N) is 1. The molecule has 0 aliphatic heterocycles. The fraction of sp³-hybridized carbons (Fsp3) is 0.353. The molecule has 3 heteroatoms. The van der Waals surface area contributed by atoms with Crippen molar-refractivity contribution in [3.63, 3.8) is 0 Å². The molecule has 2 N–H and O–H groups in total. The molecule has 0 fully saturated rings. The first-order chi connectivity index (χ1) is 9.44. The Kier molecular flexibility index (Phi) is 6.04. The SMILES string of the molecule is CC=CCCC=CC(C)(C)OC(=O)c1ccc(N)cc1. The van der Waals surface area contributed by atoms with E-state index < -0.39 is 5.60 Å². The summed E-state index contributed by atoms with van der Waals surface area (Å²) in [5, 5.41) is 0. The maximum atomic E-state index is 12.0. The summed E-state index contributed by atoms with van der Waals surface area (Å²) in [5.41, 5.74) is 6.11. The third-order valence-electron chi connectivity index (χ3n) is 2.76.